The Morgan fingerprint density at radius 3 is 2.76 bits per heavy atom. The van der Waals surface area contributed by atoms with E-state index in [4.69, 9.17) is 5.26 Å². The molecule has 4 heteroatoms. The van der Waals surface area contributed by atoms with Gasteiger partial charge in [0.25, 0.3) is 5.91 Å². The lowest BCUT2D eigenvalue weighted by Gasteiger charge is -2.19. The van der Waals surface area contributed by atoms with Crippen molar-refractivity contribution in [2.24, 2.45) is 0 Å². The second-order valence-electron chi connectivity index (χ2n) is 3.79. The number of aromatic hydroxyl groups is 1. The Kier molecular flexibility index (Phi) is 4.53. The molecule has 0 radical (unpaired) electrons. The minimum atomic E-state index is -0.106. The predicted octanol–water partition coefficient (Wildman–Crippen LogP) is 2.08. The molecule has 0 aromatic heterocycles. The van der Waals surface area contributed by atoms with E-state index < -0.39 is 0 Å². The van der Waals surface area contributed by atoms with Crippen molar-refractivity contribution in [3.63, 3.8) is 0 Å². The normalized spacial score (nSPS) is 9.71. The Balaban J connectivity index is 2.86. The number of hydrogen-bond acceptors (Lipinski definition) is 3. The number of amides is 1. The molecule has 1 aromatic carbocycles. The summed E-state index contributed by atoms with van der Waals surface area (Å²) in [6.45, 7) is 4.63. The number of aryl methyl sites for hydroxylation is 1. The molecule has 90 valence electrons. The summed E-state index contributed by atoms with van der Waals surface area (Å²) in [6.07, 6.45) is 0.330. The fraction of sp³-hybridized carbons (Fsp3) is 0.385. The van der Waals surface area contributed by atoms with Crippen LogP contribution in [0.25, 0.3) is 0 Å². The second-order valence-corrected chi connectivity index (χ2v) is 3.79. The van der Waals surface area contributed by atoms with Gasteiger partial charge in [0.2, 0.25) is 0 Å². The standard InChI is InChI=1S/C13H16N2O2/c1-3-15(8-4-7-14)13(17)11-5-6-12(16)10(2)9-11/h5-6,9,16H,3-4,8H2,1-2H3. The summed E-state index contributed by atoms with van der Waals surface area (Å²) in [5.74, 6) is 0.0764. The van der Waals surface area contributed by atoms with Crippen LogP contribution in [0, 0.1) is 18.3 Å². The summed E-state index contributed by atoms with van der Waals surface area (Å²) in [6, 6.07) is 6.80. The number of rotatable bonds is 4. The maximum Gasteiger partial charge on any atom is 0.253 e. The topological polar surface area (TPSA) is 64.3 Å². The van der Waals surface area contributed by atoms with Crippen LogP contribution in [0.1, 0.15) is 29.3 Å². The van der Waals surface area contributed by atoms with Gasteiger partial charge in [0, 0.05) is 18.7 Å². The number of benzene rings is 1. The fourth-order valence-electron chi connectivity index (χ4n) is 1.56. The van der Waals surface area contributed by atoms with Gasteiger partial charge in [-0.05, 0) is 37.6 Å². The van der Waals surface area contributed by atoms with Crippen molar-refractivity contribution in [1.82, 2.24) is 4.90 Å². The first-order chi connectivity index (χ1) is 8.10. The molecule has 0 aliphatic carbocycles. The molecule has 0 unspecified atom stereocenters. The summed E-state index contributed by atoms with van der Waals surface area (Å²) in [7, 11) is 0. The summed E-state index contributed by atoms with van der Waals surface area (Å²) in [4.78, 5) is 13.7. The molecule has 1 aromatic rings. The highest BCUT2D eigenvalue weighted by Gasteiger charge is 2.14. The molecule has 17 heavy (non-hydrogen) atoms. The molecule has 0 aliphatic heterocycles. The first kappa shape index (κ1) is 13.0. The van der Waals surface area contributed by atoms with Crippen LogP contribution in [0.5, 0.6) is 5.75 Å². The minimum Gasteiger partial charge on any atom is -0.508 e. The first-order valence-electron chi connectivity index (χ1n) is 5.56. The van der Waals surface area contributed by atoms with Gasteiger partial charge in [0.15, 0.2) is 0 Å². The molecule has 1 N–H and O–H groups in total. The van der Waals surface area contributed by atoms with Crippen molar-refractivity contribution in [2.45, 2.75) is 20.3 Å². The van der Waals surface area contributed by atoms with Crippen molar-refractivity contribution in [1.29, 1.82) is 5.26 Å². The zero-order chi connectivity index (χ0) is 12.8. The van der Waals surface area contributed by atoms with E-state index in [9.17, 15) is 9.90 Å². The fourth-order valence-corrected chi connectivity index (χ4v) is 1.56. The van der Waals surface area contributed by atoms with Crippen molar-refractivity contribution in [2.75, 3.05) is 13.1 Å². The van der Waals surface area contributed by atoms with Crippen molar-refractivity contribution < 1.29 is 9.90 Å². The third kappa shape index (κ3) is 3.22. The van der Waals surface area contributed by atoms with Crippen LogP contribution in [0.2, 0.25) is 0 Å². The van der Waals surface area contributed by atoms with Crippen molar-refractivity contribution in [3.05, 3.63) is 29.3 Å². The van der Waals surface area contributed by atoms with Crippen LogP contribution < -0.4 is 0 Å². The summed E-state index contributed by atoms with van der Waals surface area (Å²) < 4.78 is 0. The molecule has 0 heterocycles. The molecular formula is C13H16N2O2. The maximum absolute atomic E-state index is 12.1. The largest absolute Gasteiger partial charge is 0.508 e. The number of phenols is 1. The average Bonchev–Trinajstić information content (AvgIpc) is 2.33. The van der Waals surface area contributed by atoms with Crippen LogP contribution in [-0.4, -0.2) is 29.0 Å². The number of carbonyl (C=O) groups excluding carboxylic acids is 1. The molecule has 1 amide bonds. The lowest BCUT2D eigenvalue weighted by Crippen LogP contribution is -2.31. The van der Waals surface area contributed by atoms with E-state index in [2.05, 4.69) is 0 Å². The number of nitriles is 1. The molecule has 0 fully saturated rings. The number of carbonyl (C=O) groups is 1. The number of nitrogens with zero attached hydrogens (tertiary/aromatic N) is 2. The van der Waals surface area contributed by atoms with Gasteiger partial charge in [0.1, 0.15) is 5.75 Å². The Morgan fingerprint density at radius 1 is 1.53 bits per heavy atom. The van der Waals surface area contributed by atoms with E-state index in [1.54, 1.807) is 24.0 Å². The molecule has 0 saturated heterocycles. The smallest absolute Gasteiger partial charge is 0.253 e. The second kappa shape index (κ2) is 5.90. The first-order valence-corrected chi connectivity index (χ1v) is 5.56. The number of phenolic OH excluding ortho intramolecular Hbond substituents is 1. The van der Waals surface area contributed by atoms with Crippen molar-refractivity contribution in [3.8, 4) is 11.8 Å². The highest BCUT2D eigenvalue weighted by atomic mass is 16.3. The van der Waals surface area contributed by atoms with E-state index in [0.29, 0.717) is 30.6 Å². The van der Waals surface area contributed by atoms with Gasteiger partial charge in [0.05, 0.1) is 12.5 Å². The van der Waals surface area contributed by atoms with E-state index in [0.717, 1.165) is 0 Å². The van der Waals surface area contributed by atoms with Crippen LogP contribution in [0.4, 0.5) is 0 Å². The molecule has 0 spiro atoms. The zero-order valence-corrected chi connectivity index (χ0v) is 10.1. The highest BCUT2D eigenvalue weighted by Crippen LogP contribution is 2.18. The quantitative estimate of drug-likeness (QED) is 0.864. The van der Waals surface area contributed by atoms with Gasteiger partial charge in [-0.15, -0.1) is 0 Å². The van der Waals surface area contributed by atoms with Crippen molar-refractivity contribution >= 4 is 5.91 Å². The summed E-state index contributed by atoms with van der Waals surface area (Å²) in [5, 5.41) is 17.9. The van der Waals surface area contributed by atoms with Gasteiger partial charge in [-0.3, -0.25) is 4.79 Å². The monoisotopic (exact) mass is 232 g/mol. The number of hydrogen-bond donors (Lipinski definition) is 1. The SMILES string of the molecule is CCN(CCC#N)C(=O)c1ccc(O)c(C)c1. The van der Waals surface area contributed by atoms with Gasteiger partial charge in [-0.25, -0.2) is 0 Å². The van der Waals surface area contributed by atoms with Crippen LogP contribution >= 0.6 is 0 Å². The third-order valence-electron chi connectivity index (χ3n) is 2.61. The lowest BCUT2D eigenvalue weighted by atomic mass is 10.1. The average molecular weight is 232 g/mol. The molecule has 1 rings (SSSR count). The molecule has 4 nitrogen and oxygen atoms in total. The van der Waals surface area contributed by atoms with Gasteiger partial charge in [-0.1, -0.05) is 0 Å². The van der Waals surface area contributed by atoms with Gasteiger partial charge in [-0.2, -0.15) is 5.26 Å². The van der Waals surface area contributed by atoms with E-state index in [-0.39, 0.29) is 11.7 Å². The summed E-state index contributed by atoms with van der Waals surface area (Å²) >= 11 is 0. The lowest BCUT2D eigenvalue weighted by molar-refractivity contribution is 0.0767. The van der Waals surface area contributed by atoms with E-state index in [1.165, 1.54) is 6.07 Å². The van der Waals surface area contributed by atoms with Crippen LogP contribution in [0.3, 0.4) is 0 Å². The third-order valence-corrected chi connectivity index (χ3v) is 2.61. The van der Waals surface area contributed by atoms with Gasteiger partial charge >= 0.3 is 0 Å². The van der Waals surface area contributed by atoms with Crippen LogP contribution in [0.15, 0.2) is 18.2 Å². The Hall–Kier alpha value is -2.02. The van der Waals surface area contributed by atoms with E-state index in [1.807, 2.05) is 13.0 Å². The predicted molar refractivity (Wildman–Crippen MR) is 64.7 cm³/mol. The van der Waals surface area contributed by atoms with Crippen LogP contribution in [-0.2, 0) is 0 Å². The Bertz CT molecular complexity index is 449. The summed E-state index contributed by atoms with van der Waals surface area (Å²) in [5.41, 5.74) is 1.22. The molecule has 0 saturated carbocycles. The highest BCUT2D eigenvalue weighted by molar-refractivity contribution is 5.94. The van der Waals surface area contributed by atoms with E-state index >= 15 is 0 Å². The Labute approximate surface area is 101 Å². The van der Waals surface area contributed by atoms with Gasteiger partial charge < -0.3 is 10.0 Å². The molecular weight excluding hydrogens is 216 g/mol. The maximum atomic E-state index is 12.1. The molecule has 0 atom stereocenters. The molecule has 0 bridgehead atoms. The Morgan fingerprint density at radius 2 is 2.24 bits per heavy atom. The molecule has 0 aliphatic rings. The minimum absolute atomic E-state index is 0.106. The zero-order valence-electron chi connectivity index (χ0n) is 10.1.